The van der Waals surface area contributed by atoms with Crippen molar-refractivity contribution in [1.82, 2.24) is 14.8 Å². The third-order valence-corrected chi connectivity index (χ3v) is 10.9. The molecule has 0 saturated carbocycles. The molecule has 17 heteroatoms. The second kappa shape index (κ2) is 17.1. The molecule has 2 saturated heterocycles. The molecule has 2 fully saturated rings. The third kappa shape index (κ3) is 8.98. The maximum Gasteiger partial charge on any atom is 0.425 e. The Morgan fingerprint density at radius 3 is 2.49 bits per heavy atom. The molecule has 1 aromatic carbocycles. The maximum absolute atomic E-state index is 15.1. The van der Waals surface area contributed by atoms with Crippen LogP contribution in [0, 0.1) is 0 Å². The van der Waals surface area contributed by atoms with Crippen LogP contribution in [0.25, 0.3) is 0 Å². The summed E-state index contributed by atoms with van der Waals surface area (Å²) in [4.78, 5) is 37.5. The lowest BCUT2D eigenvalue weighted by Crippen LogP contribution is -2.69. The number of rotatable bonds is 8. The highest BCUT2D eigenvalue weighted by Gasteiger charge is 2.56. The number of hydrogen-bond acceptors (Lipinski definition) is 9. The number of allylic oxidation sites excluding steroid dienone is 1. The summed E-state index contributed by atoms with van der Waals surface area (Å²) in [5, 5.41) is 1.15. The van der Waals surface area contributed by atoms with E-state index < -0.39 is 57.7 Å². The smallest absolute Gasteiger partial charge is 0.425 e. The average molecular weight is 797 g/mol. The van der Waals surface area contributed by atoms with Gasteiger partial charge < -0.3 is 33.6 Å². The number of nitrogens with zero attached hydrogens (tertiary/aromatic N) is 4. The van der Waals surface area contributed by atoms with Gasteiger partial charge in [-0.25, -0.2) is 4.98 Å². The van der Waals surface area contributed by atoms with Crippen molar-refractivity contribution in [2.24, 2.45) is 0 Å². The first kappa shape index (κ1) is 40.2. The number of alkyl halides is 6. The van der Waals surface area contributed by atoms with E-state index in [4.69, 9.17) is 18.9 Å². The van der Waals surface area contributed by atoms with Gasteiger partial charge in [0.15, 0.2) is 0 Å². The van der Waals surface area contributed by atoms with E-state index in [0.717, 1.165) is 23.3 Å². The van der Waals surface area contributed by atoms with E-state index in [1.807, 2.05) is 30.3 Å². The van der Waals surface area contributed by atoms with Crippen LogP contribution in [0.1, 0.15) is 59.3 Å². The van der Waals surface area contributed by atoms with E-state index in [-0.39, 0.29) is 51.3 Å². The van der Waals surface area contributed by atoms with Crippen LogP contribution in [0.2, 0.25) is 0 Å². The molecule has 3 aliphatic rings. The summed E-state index contributed by atoms with van der Waals surface area (Å²) in [5.74, 6) is -1.72. The Morgan fingerprint density at radius 1 is 0.982 bits per heavy atom. The van der Waals surface area contributed by atoms with Crippen LogP contribution in [-0.2, 0) is 21.9 Å². The summed E-state index contributed by atoms with van der Waals surface area (Å²) in [6.07, 6.45) is -3.35. The number of methoxy groups -OCH3 is 1. The molecule has 0 bridgehead atoms. The molecule has 3 aliphatic heterocycles. The Balaban J connectivity index is 1.39. The number of piperidine rings is 1. The van der Waals surface area contributed by atoms with Gasteiger partial charge in [0, 0.05) is 63.9 Å². The fourth-order valence-corrected chi connectivity index (χ4v) is 7.98. The van der Waals surface area contributed by atoms with E-state index in [1.165, 1.54) is 4.90 Å². The molecular formula is C38H42F6N4O6S. The second-order valence-corrected chi connectivity index (χ2v) is 14.3. The lowest BCUT2D eigenvalue weighted by atomic mass is 9.80. The number of carbonyl (C=O) groups is 2. The standard InChI is InChI=1S/C38H42F6N4O6S/c1-51-22-23-52-29-11-7-6-10-28(29)46-17-19-47(20-18-46)35(50)36(54-26-24-31(55-25-26)38(42,43)44)14-9-16-48-30(36)12-5-3-2-4-8-21-53-33-32(34(48)49)27(13-15-45-33)37(39,40)41/h3,5-7,10-11,13,15,24-25,30H,2,4,8-9,12,14,16-23H2,1H3/b5-3-/t30-,36+/m1/s1. The van der Waals surface area contributed by atoms with Crippen molar-refractivity contribution in [2.45, 2.75) is 62.5 Å². The van der Waals surface area contributed by atoms with E-state index in [2.05, 4.69) is 9.88 Å². The average Bonchev–Trinajstić information content (AvgIpc) is 3.65. The van der Waals surface area contributed by atoms with E-state index in [1.54, 1.807) is 18.1 Å². The lowest BCUT2D eigenvalue weighted by Gasteiger charge is -2.50. The Bertz CT molecular complexity index is 1830. The minimum absolute atomic E-state index is 0.00969. The van der Waals surface area contributed by atoms with Crippen LogP contribution in [0.5, 0.6) is 17.4 Å². The zero-order chi connectivity index (χ0) is 39.2. The van der Waals surface area contributed by atoms with E-state index >= 15 is 4.79 Å². The molecule has 6 rings (SSSR count). The molecule has 2 aromatic heterocycles. The highest BCUT2D eigenvalue weighted by Crippen LogP contribution is 2.44. The molecule has 298 valence electrons. The number of aromatic nitrogens is 1. The number of ether oxygens (including phenoxy) is 4. The molecule has 0 spiro atoms. The predicted molar refractivity (Wildman–Crippen MR) is 192 cm³/mol. The quantitative estimate of drug-likeness (QED) is 0.132. The summed E-state index contributed by atoms with van der Waals surface area (Å²) >= 11 is 0.398. The third-order valence-electron chi connectivity index (χ3n) is 9.92. The summed E-state index contributed by atoms with van der Waals surface area (Å²) in [5.41, 5.74) is -3.20. The van der Waals surface area contributed by atoms with Crippen LogP contribution >= 0.6 is 11.3 Å². The topological polar surface area (TPSA) is 93.7 Å². The molecule has 5 heterocycles. The number of amides is 2. The number of anilines is 1. The van der Waals surface area contributed by atoms with Crippen molar-refractivity contribution in [3.8, 4) is 17.4 Å². The van der Waals surface area contributed by atoms with Gasteiger partial charge in [0.2, 0.25) is 11.5 Å². The van der Waals surface area contributed by atoms with Gasteiger partial charge in [0.05, 0.1) is 30.5 Å². The Morgan fingerprint density at radius 2 is 1.76 bits per heavy atom. The largest absolute Gasteiger partial charge is 0.489 e. The normalized spacial score (nSPS) is 22.0. The first-order chi connectivity index (χ1) is 26.3. The lowest BCUT2D eigenvalue weighted by molar-refractivity contribution is -0.159. The zero-order valence-corrected chi connectivity index (χ0v) is 31.0. The van der Waals surface area contributed by atoms with Gasteiger partial charge in [-0.1, -0.05) is 24.3 Å². The number of carbonyl (C=O) groups excluding carboxylic acids is 2. The van der Waals surface area contributed by atoms with Gasteiger partial charge in [-0.05, 0) is 50.3 Å². The molecule has 2 atom stereocenters. The number of hydrogen-bond donors (Lipinski definition) is 0. The first-order valence-electron chi connectivity index (χ1n) is 18.1. The van der Waals surface area contributed by atoms with Crippen molar-refractivity contribution in [2.75, 3.05) is 64.6 Å². The summed E-state index contributed by atoms with van der Waals surface area (Å²) in [6, 6.07) is 7.74. The fraction of sp³-hybridized carbons (Fsp3) is 0.500. The Hall–Kier alpha value is -4.51. The van der Waals surface area contributed by atoms with Crippen molar-refractivity contribution >= 4 is 28.8 Å². The number of para-hydroxylation sites is 2. The fourth-order valence-electron chi connectivity index (χ4n) is 7.30. The molecule has 0 radical (unpaired) electrons. The molecule has 55 heavy (non-hydrogen) atoms. The van der Waals surface area contributed by atoms with Crippen molar-refractivity contribution in [3.05, 3.63) is 76.1 Å². The molecule has 3 aromatic rings. The number of piperazine rings is 1. The van der Waals surface area contributed by atoms with Gasteiger partial charge in [-0.3, -0.25) is 9.59 Å². The van der Waals surface area contributed by atoms with Crippen LogP contribution in [-0.4, -0.2) is 97.9 Å². The van der Waals surface area contributed by atoms with Gasteiger partial charge in [-0.2, -0.15) is 26.3 Å². The van der Waals surface area contributed by atoms with E-state index in [0.29, 0.717) is 68.7 Å². The van der Waals surface area contributed by atoms with Crippen LogP contribution in [0.4, 0.5) is 32.0 Å². The van der Waals surface area contributed by atoms with Crippen molar-refractivity contribution in [1.29, 1.82) is 0 Å². The zero-order valence-electron chi connectivity index (χ0n) is 30.2. The molecule has 0 N–H and O–H groups in total. The van der Waals surface area contributed by atoms with Crippen LogP contribution in [0.3, 0.4) is 0 Å². The molecule has 10 nitrogen and oxygen atoms in total. The van der Waals surface area contributed by atoms with E-state index in [9.17, 15) is 31.1 Å². The van der Waals surface area contributed by atoms with Crippen LogP contribution in [0.15, 0.2) is 60.1 Å². The number of fused-ring (bicyclic) bond motifs is 2. The second-order valence-electron chi connectivity index (χ2n) is 13.4. The monoisotopic (exact) mass is 796 g/mol. The highest BCUT2D eigenvalue weighted by atomic mass is 32.1. The van der Waals surface area contributed by atoms with Crippen molar-refractivity contribution < 1.29 is 54.9 Å². The summed E-state index contributed by atoms with van der Waals surface area (Å²) in [6.45, 7) is 1.78. The summed E-state index contributed by atoms with van der Waals surface area (Å²) in [7, 11) is 1.57. The molecule has 0 aliphatic carbocycles. The predicted octanol–water partition coefficient (Wildman–Crippen LogP) is 7.49. The minimum Gasteiger partial charge on any atom is -0.489 e. The Labute approximate surface area is 318 Å². The van der Waals surface area contributed by atoms with Gasteiger partial charge >= 0.3 is 12.4 Å². The SMILES string of the molecule is COCCOc1ccccc1N1CCN(C(=O)[C@]2(Oc3csc(C(F)(F)F)c3)CCCN3C(=O)c4c(C(F)(F)F)ccnc4OCCCC/C=C\C[C@@H]32)CC1. The van der Waals surface area contributed by atoms with Gasteiger partial charge in [0.1, 0.15) is 28.5 Å². The Kier molecular flexibility index (Phi) is 12.5. The molecule has 0 unspecified atom stereocenters. The number of pyridine rings is 1. The maximum atomic E-state index is 15.1. The first-order valence-corrected chi connectivity index (χ1v) is 19.0. The number of halogens is 6. The van der Waals surface area contributed by atoms with Crippen LogP contribution < -0.4 is 19.1 Å². The highest BCUT2D eigenvalue weighted by molar-refractivity contribution is 7.10. The van der Waals surface area contributed by atoms with Gasteiger partial charge in [-0.15, -0.1) is 11.3 Å². The van der Waals surface area contributed by atoms with Crippen molar-refractivity contribution in [3.63, 3.8) is 0 Å². The number of thiophene rings is 1. The number of benzene rings is 1. The summed E-state index contributed by atoms with van der Waals surface area (Å²) < 4.78 is 108. The van der Waals surface area contributed by atoms with Gasteiger partial charge in [0.25, 0.3) is 11.8 Å². The molecule has 2 amide bonds. The molecular weight excluding hydrogens is 754 g/mol. The minimum atomic E-state index is -4.95.